The standard InChI is InChI=1S/C32H41N3O8S/c1-7-28(32(37)33-8-2)34(21-23-11-10-12-26(19-23)40-4)31(36)22-35(24-13-15-25(16-14-24)43-9-3)44(38,39)27-17-18-29(41-5)30(20-27)42-6/h10-20,28H,7-9,21-22H2,1-6H3,(H,33,37). The van der Waals surface area contributed by atoms with Crippen molar-refractivity contribution in [3.8, 4) is 23.0 Å². The van der Waals surface area contributed by atoms with Gasteiger partial charge in [0.2, 0.25) is 11.8 Å². The molecule has 44 heavy (non-hydrogen) atoms. The molecular weight excluding hydrogens is 586 g/mol. The number of hydrogen-bond acceptors (Lipinski definition) is 8. The van der Waals surface area contributed by atoms with Crippen molar-refractivity contribution in [1.29, 1.82) is 0 Å². The summed E-state index contributed by atoms with van der Waals surface area (Å²) in [5, 5.41) is 2.79. The van der Waals surface area contributed by atoms with E-state index in [2.05, 4.69) is 5.32 Å². The average Bonchev–Trinajstić information content (AvgIpc) is 3.03. The molecule has 0 aromatic heterocycles. The second-order valence-electron chi connectivity index (χ2n) is 9.65. The van der Waals surface area contributed by atoms with Crippen molar-refractivity contribution in [1.82, 2.24) is 10.2 Å². The number of ether oxygens (including phenoxy) is 4. The van der Waals surface area contributed by atoms with Gasteiger partial charge in [-0.25, -0.2) is 8.42 Å². The van der Waals surface area contributed by atoms with Gasteiger partial charge in [-0.05, 0) is 74.4 Å². The molecule has 1 atom stereocenters. The lowest BCUT2D eigenvalue weighted by Gasteiger charge is -2.33. The zero-order valence-electron chi connectivity index (χ0n) is 26.0. The van der Waals surface area contributed by atoms with Gasteiger partial charge in [0, 0.05) is 19.2 Å². The van der Waals surface area contributed by atoms with E-state index in [1.807, 2.05) is 13.0 Å². The molecule has 12 heteroatoms. The molecule has 2 amide bonds. The molecule has 238 valence electrons. The van der Waals surface area contributed by atoms with Crippen molar-refractivity contribution in [2.24, 2.45) is 0 Å². The maximum absolute atomic E-state index is 14.2. The highest BCUT2D eigenvalue weighted by atomic mass is 32.2. The number of carbonyl (C=O) groups is 2. The zero-order chi connectivity index (χ0) is 32.3. The van der Waals surface area contributed by atoms with Crippen LogP contribution >= 0.6 is 0 Å². The van der Waals surface area contributed by atoms with E-state index in [1.54, 1.807) is 63.4 Å². The van der Waals surface area contributed by atoms with Gasteiger partial charge in [-0.3, -0.25) is 13.9 Å². The number of anilines is 1. The summed E-state index contributed by atoms with van der Waals surface area (Å²) in [5.74, 6) is 0.812. The lowest BCUT2D eigenvalue weighted by molar-refractivity contribution is -0.140. The average molecular weight is 628 g/mol. The number of amides is 2. The Morgan fingerprint density at radius 3 is 2.14 bits per heavy atom. The first-order valence-corrected chi connectivity index (χ1v) is 15.7. The fourth-order valence-electron chi connectivity index (χ4n) is 4.69. The summed E-state index contributed by atoms with van der Waals surface area (Å²) in [5.41, 5.74) is 0.958. The lowest BCUT2D eigenvalue weighted by Crippen LogP contribution is -2.52. The predicted octanol–water partition coefficient (Wildman–Crippen LogP) is 4.25. The Hall–Kier alpha value is -4.45. The summed E-state index contributed by atoms with van der Waals surface area (Å²) in [7, 11) is 0.0765. The molecule has 0 aliphatic carbocycles. The van der Waals surface area contributed by atoms with Gasteiger partial charge in [0.15, 0.2) is 11.5 Å². The molecule has 0 radical (unpaired) electrons. The summed E-state index contributed by atoms with van der Waals surface area (Å²) < 4.78 is 51.0. The van der Waals surface area contributed by atoms with Crippen LogP contribution in [0.25, 0.3) is 0 Å². The number of rotatable bonds is 16. The van der Waals surface area contributed by atoms with Gasteiger partial charge in [0.05, 0.1) is 38.5 Å². The highest BCUT2D eigenvalue weighted by molar-refractivity contribution is 7.92. The molecule has 1 unspecified atom stereocenters. The van der Waals surface area contributed by atoms with E-state index in [-0.39, 0.29) is 28.8 Å². The minimum Gasteiger partial charge on any atom is -0.497 e. The van der Waals surface area contributed by atoms with E-state index in [0.717, 1.165) is 9.87 Å². The lowest BCUT2D eigenvalue weighted by atomic mass is 10.1. The van der Waals surface area contributed by atoms with Crippen LogP contribution in [0.15, 0.2) is 71.6 Å². The van der Waals surface area contributed by atoms with Crippen molar-refractivity contribution in [2.45, 2.75) is 44.7 Å². The minimum atomic E-state index is -4.32. The molecule has 0 saturated carbocycles. The zero-order valence-corrected chi connectivity index (χ0v) is 26.8. The molecule has 0 spiro atoms. The van der Waals surface area contributed by atoms with Crippen LogP contribution in [0.1, 0.15) is 32.8 Å². The first kappa shape index (κ1) is 34.0. The Labute approximate surface area is 259 Å². The summed E-state index contributed by atoms with van der Waals surface area (Å²) in [6, 6.07) is 17.0. The van der Waals surface area contributed by atoms with Gasteiger partial charge in [0.25, 0.3) is 10.0 Å². The maximum Gasteiger partial charge on any atom is 0.264 e. The van der Waals surface area contributed by atoms with Crippen LogP contribution in [0.3, 0.4) is 0 Å². The fraction of sp³-hybridized carbons (Fsp3) is 0.375. The molecular formula is C32H41N3O8S. The van der Waals surface area contributed by atoms with E-state index in [4.69, 9.17) is 18.9 Å². The quantitative estimate of drug-likeness (QED) is 0.250. The predicted molar refractivity (Wildman–Crippen MR) is 168 cm³/mol. The fourth-order valence-corrected chi connectivity index (χ4v) is 6.12. The molecule has 0 heterocycles. The Morgan fingerprint density at radius 2 is 1.55 bits per heavy atom. The molecule has 0 aliphatic rings. The maximum atomic E-state index is 14.2. The van der Waals surface area contributed by atoms with Gasteiger partial charge in [-0.15, -0.1) is 0 Å². The van der Waals surface area contributed by atoms with Gasteiger partial charge in [-0.1, -0.05) is 19.1 Å². The van der Waals surface area contributed by atoms with Crippen LogP contribution in [-0.2, 0) is 26.2 Å². The number of benzene rings is 3. The number of methoxy groups -OCH3 is 3. The first-order valence-electron chi connectivity index (χ1n) is 14.3. The van der Waals surface area contributed by atoms with Crippen molar-refractivity contribution in [3.63, 3.8) is 0 Å². The van der Waals surface area contributed by atoms with Crippen LogP contribution in [-0.4, -0.2) is 72.2 Å². The van der Waals surface area contributed by atoms with Crippen molar-refractivity contribution in [3.05, 3.63) is 72.3 Å². The van der Waals surface area contributed by atoms with Gasteiger partial charge in [-0.2, -0.15) is 0 Å². The largest absolute Gasteiger partial charge is 0.497 e. The van der Waals surface area contributed by atoms with E-state index in [1.165, 1.54) is 37.3 Å². The second kappa shape index (κ2) is 15.9. The number of carbonyl (C=O) groups excluding carboxylic acids is 2. The Morgan fingerprint density at radius 1 is 0.841 bits per heavy atom. The molecule has 11 nitrogen and oxygen atoms in total. The topological polar surface area (TPSA) is 124 Å². The summed E-state index contributed by atoms with van der Waals surface area (Å²) in [6.45, 7) is 5.73. The third kappa shape index (κ3) is 8.13. The molecule has 3 rings (SSSR count). The number of hydrogen-bond donors (Lipinski definition) is 1. The Kier molecular flexibility index (Phi) is 12.3. The summed E-state index contributed by atoms with van der Waals surface area (Å²) >= 11 is 0. The van der Waals surface area contributed by atoms with Gasteiger partial charge < -0.3 is 29.2 Å². The van der Waals surface area contributed by atoms with E-state index < -0.39 is 28.5 Å². The van der Waals surface area contributed by atoms with Crippen LogP contribution in [0.5, 0.6) is 23.0 Å². The number of nitrogens with zero attached hydrogens (tertiary/aromatic N) is 2. The van der Waals surface area contributed by atoms with E-state index in [9.17, 15) is 18.0 Å². The third-order valence-electron chi connectivity index (χ3n) is 6.88. The third-order valence-corrected chi connectivity index (χ3v) is 8.65. The SMILES string of the molecule is CCNC(=O)C(CC)N(Cc1cccc(OC)c1)C(=O)CN(c1ccc(OCC)cc1)S(=O)(=O)c1ccc(OC)c(OC)c1. The molecule has 0 fully saturated rings. The number of likely N-dealkylation sites (N-methyl/N-ethyl adjacent to an activating group) is 1. The molecule has 0 aliphatic heterocycles. The van der Waals surface area contributed by atoms with Gasteiger partial charge in [0.1, 0.15) is 24.1 Å². The minimum absolute atomic E-state index is 0.0548. The molecule has 0 bridgehead atoms. The van der Waals surface area contributed by atoms with Crippen molar-refractivity contribution >= 4 is 27.5 Å². The van der Waals surface area contributed by atoms with Gasteiger partial charge >= 0.3 is 0 Å². The first-order chi connectivity index (χ1) is 21.1. The smallest absolute Gasteiger partial charge is 0.264 e. The second-order valence-corrected chi connectivity index (χ2v) is 11.5. The van der Waals surface area contributed by atoms with Crippen LogP contribution in [0.4, 0.5) is 5.69 Å². The van der Waals surface area contributed by atoms with E-state index in [0.29, 0.717) is 36.8 Å². The van der Waals surface area contributed by atoms with Crippen LogP contribution in [0, 0.1) is 0 Å². The summed E-state index contributed by atoms with van der Waals surface area (Å²) in [6.07, 6.45) is 0.313. The number of sulfonamides is 1. The monoisotopic (exact) mass is 627 g/mol. The molecule has 1 N–H and O–H groups in total. The normalized spacial score (nSPS) is 11.7. The molecule has 3 aromatic rings. The van der Waals surface area contributed by atoms with Crippen molar-refractivity contribution < 1.29 is 37.0 Å². The summed E-state index contributed by atoms with van der Waals surface area (Å²) in [4.78, 5) is 28.6. The Bertz CT molecular complexity index is 1510. The van der Waals surface area contributed by atoms with E-state index >= 15 is 0 Å². The number of nitrogens with one attached hydrogen (secondary N) is 1. The van der Waals surface area contributed by atoms with Crippen LogP contribution in [0.2, 0.25) is 0 Å². The molecule has 3 aromatic carbocycles. The Balaban J connectivity index is 2.11. The molecule has 0 saturated heterocycles. The highest BCUT2D eigenvalue weighted by Crippen LogP contribution is 2.33. The highest BCUT2D eigenvalue weighted by Gasteiger charge is 2.34. The van der Waals surface area contributed by atoms with Crippen LogP contribution < -0.4 is 28.6 Å². The van der Waals surface area contributed by atoms with Crippen molar-refractivity contribution in [2.75, 3.05) is 45.3 Å².